The zero-order valence-corrected chi connectivity index (χ0v) is 10.8. The summed E-state index contributed by atoms with van der Waals surface area (Å²) >= 11 is 0. The smallest absolute Gasteiger partial charge is 0.0243 e. The average molecular weight is 237 g/mol. The number of benzene rings is 2. The highest BCUT2D eigenvalue weighted by atomic mass is 14.9. The van der Waals surface area contributed by atoms with Gasteiger partial charge < -0.3 is 5.32 Å². The van der Waals surface area contributed by atoms with Crippen LogP contribution in [0.2, 0.25) is 0 Å². The van der Waals surface area contributed by atoms with Gasteiger partial charge in [0.1, 0.15) is 0 Å². The zero-order valence-electron chi connectivity index (χ0n) is 10.8. The molecule has 0 amide bonds. The molecule has 0 unspecified atom stereocenters. The lowest BCUT2D eigenvalue weighted by Crippen LogP contribution is -2.31. The predicted molar refractivity (Wildman–Crippen MR) is 75.9 cm³/mol. The molecule has 0 saturated carbocycles. The first kappa shape index (κ1) is 11.5. The van der Waals surface area contributed by atoms with Gasteiger partial charge in [0.05, 0.1) is 0 Å². The standard InChI is InChI=1S/C17H19N/c1-13-17(15-8-3-2-4-9-15)16-10-6-5-7-14(16)11-12-18-13/h2-10,13,17-18H,11-12H2,1H3/t13-,17-/m0/s1. The zero-order chi connectivity index (χ0) is 12.4. The molecule has 0 aromatic heterocycles. The first-order valence-corrected chi connectivity index (χ1v) is 6.72. The summed E-state index contributed by atoms with van der Waals surface area (Å²) in [4.78, 5) is 0. The summed E-state index contributed by atoms with van der Waals surface area (Å²) in [6.07, 6.45) is 1.13. The van der Waals surface area contributed by atoms with E-state index in [1.54, 1.807) is 0 Å². The molecule has 0 bridgehead atoms. The van der Waals surface area contributed by atoms with Gasteiger partial charge in [0.25, 0.3) is 0 Å². The van der Waals surface area contributed by atoms with Gasteiger partial charge in [-0.2, -0.15) is 0 Å². The Kier molecular flexibility index (Phi) is 3.16. The molecule has 1 aliphatic heterocycles. The van der Waals surface area contributed by atoms with E-state index in [-0.39, 0.29) is 0 Å². The maximum atomic E-state index is 3.64. The topological polar surface area (TPSA) is 12.0 Å². The van der Waals surface area contributed by atoms with Crippen molar-refractivity contribution in [1.82, 2.24) is 5.32 Å². The number of rotatable bonds is 1. The summed E-state index contributed by atoms with van der Waals surface area (Å²) in [5, 5.41) is 3.64. The lowest BCUT2D eigenvalue weighted by molar-refractivity contribution is 0.521. The number of nitrogens with one attached hydrogen (secondary N) is 1. The molecule has 0 spiro atoms. The highest BCUT2D eigenvalue weighted by molar-refractivity contribution is 5.40. The fraction of sp³-hybridized carbons (Fsp3) is 0.294. The molecular formula is C17H19N. The molecule has 0 saturated heterocycles. The fourth-order valence-corrected chi connectivity index (χ4v) is 3.02. The van der Waals surface area contributed by atoms with E-state index in [0.29, 0.717) is 12.0 Å². The largest absolute Gasteiger partial charge is 0.313 e. The van der Waals surface area contributed by atoms with Gasteiger partial charge >= 0.3 is 0 Å². The highest BCUT2D eigenvalue weighted by Crippen LogP contribution is 2.32. The molecule has 1 nitrogen and oxygen atoms in total. The molecule has 2 aromatic rings. The van der Waals surface area contributed by atoms with E-state index in [0.717, 1.165) is 13.0 Å². The Morgan fingerprint density at radius 1 is 0.944 bits per heavy atom. The minimum atomic E-state index is 0.463. The van der Waals surface area contributed by atoms with Crippen LogP contribution in [0.5, 0.6) is 0 Å². The Hall–Kier alpha value is -1.60. The van der Waals surface area contributed by atoms with Crippen molar-refractivity contribution in [1.29, 1.82) is 0 Å². The molecule has 1 aliphatic rings. The molecule has 1 N–H and O–H groups in total. The van der Waals surface area contributed by atoms with E-state index >= 15 is 0 Å². The maximum Gasteiger partial charge on any atom is 0.0243 e. The lowest BCUT2D eigenvalue weighted by atomic mass is 9.84. The third-order valence-electron chi connectivity index (χ3n) is 3.91. The number of hydrogen-bond acceptors (Lipinski definition) is 1. The van der Waals surface area contributed by atoms with Crippen LogP contribution in [-0.4, -0.2) is 12.6 Å². The van der Waals surface area contributed by atoms with Gasteiger partial charge in [-0.25, -0.2) is 0 Å². The molecule has 0 aliphatic carbocycles. The molecular weight excluding hydrogens is 218 g/mol. The van der Waals surface area contributed by atoms with E-state index in [4.69, 9.17) is 0 Å². The van der Waals surface area contributed by atoms with Gasteiger partial charge in [-0.1, -0.05) is 54.6 Å². The fourth-order valence-electron chi connectivity index (χ4n) is 3.02. The van der Waals surface area contributed by atoms with Crippen LogP contribution in [0.15, 0.2) is 54.6 Å². The monoisotopic (exact) mass is 237 g/mol. The van der Waals surface area contributed by atoms with E-state index < -0.39 is 0 Å². The Balaban J connectivity index is 2.11. The van der Waals surface area contributed by atoms with Crippen LogP contribution in [0.4, 0.5) is 0 Å². The number of hydrogen-bond donors (Lipinski definition) is 1. The third-order valence-corrected chi connectivity index (χ3v) is 3.91. The van der Waals surface area contributed by atoms with Gasteiger partial charge in [-0.15, -0.1) is 0 Å². The van der Waals surface area contributed by atoms with Gasteiger partial charge in [0.15, 0.2) is 0 Å². The van der Waals surface area contributed by atoms with Crippen molar-refractivity contribution in [2.45, 2.75) is 25.3 Å². The molecule has 1 heteroatoms. The van der Waals surface area contributed by atoms with Crippen molar-refractivity contribution >= 4 is 0 Å². The summed E-state index contributed by atoms with van der Waals surface area (Å²) < 4.78 is 0. The summed E-state index contributed by atoms with van der Waals surface area (Å²) in [5.41, 5.74) is 4.39. The van der Waals surface area contributed by atoms with Crippen LogP contribution < -0.4 is 5.32 Å². The van der Waals surface area contributed by atoms with Gasteiger partial charge in [0, 0.05) is 12.0 Å². The number of fused-ring (bicyclic) bond motifs is 1. The average Bonchev–Trinajstić information content (AvgIpc) is 2.58. The second-order valence-corrected chi connectivity index (χ2v) is 5.08. The van der Waals surface area contributed by atoms with Crippen LogP contribution in [0.1, 0.15) is 29.5 Å². The highest BCUT2D eigenvalue weighted by Gasteiger charge is 2.25. The van der Waals surface area contributed by atoms with Crippen molar-refractivity contribution in [2.24, 2.45) is 0 Å². The molecule has 1 heterocycles. The minimum Gasteiger partial charge on any atom is -0.313 e. The van der Waals surface area contributed by atoms with E-state index in [1.165, 1.54) is 16.7 Å². The Bertz CT molecular complexity index is 518. The Labute approximate surface area is 109 Å². The second-order valence-electron chi connectivity index (χ2n) is 5.08. The van der Waals surface area contributed by atoms with E-state index in [2.05, 4.69) is 66.8 Å². The maximum absolute atomic E-state index is 3.64. The summed E-state index contributed by atoms with van der Waals surface area (Å²) in [7, 11) is 0. The third kappa shape index (κ3) is 2.06. The molecule has 2 atom stereocenters. The van der Waals surface area contributed by atoms with Crippen LogP contribution >= 0.6 is 0 Å². The van der Waals surface area contributed by atoms with Crippen LogP contribution in [0.25, 0.3) is 0 Å². The van der Waals surface area contributed by atoms with Crippen molar-refractivity contribution < 1.29 is 0 Å². The van der Waals surface area contributed by atoms with Gasteiger partial charge in [-0.05, 0) is 36.6 Å². The molecule has 0 fully saturated rings. The first-order valence-electron chi connectivity index (χ1n) is 6.72. The molecule has 3 rings (SSSR count). The van der Waals surface area contributed by atoms with Crippen LogP contribution in [0, 0.1) is 0 Å². The molecule has 92 valence electrons. The van der Waals surface area contributed by atoms with Crippen molar-refractivity contribution in [3.8, 4) is 0 Å². The summed E-state index contributed by atoms with van der Waals surface area (Å²) in [6, 6.07) is 20.2. The predicted octanol–water partition coefficient (Wildman–Crippen LogP) is 3.35. The Morgan fingerprint density at radius 3 is 2.50 bits per heavy atom. The molecule has 18 heavy (non-hydrogen) atoms. The molecule has 2 aromatic carbocycles. The van der Waals surface area contributed by atoms with Crippen molar-refractivity contribution in [3.63, 3.8) is 0 Å². The van der Waals surface area contributed by atoms with E-state index in [1.807, 2.05) is 0 Å². The van der Waals surface area contributed by atoms with Crippen LogP contribution in [0.3, 0.4) is 0 Å². The minimum absolute atomic E-state index is 0.463. The SMILES string of the molecule is C[C@@H]1NCCc2ccccc2[C@@H]1c1ccccc1. The normalized spacial score (nSPS) is 23.2. The van der Waals surface area contributed by atoms with Gasteiger partial charge in [0.2, 0.25) is 0 Å². The van der Waals surface area contributed by atoms with Crippen molar-refractivity contribution in [3.05, 3.63) is 71.3 Å². The first-order chi connectivity index (χ1) is 8.86. The second kappa shape index (κ2) is 4.95. The van der Waals surface area contributed by atoms with Gasteiger partial charge in [-0.3, -0.25) is 0 Å². The Morgan fingerprint density at radius 2 is 1.67 bits per heavy atom. The van der Waals surface area contributed by atoms with E-state index in [9.17, 15) is 0 Å². The molecule has 0 radical (unpaired) electrons. The summed E-state index contributed by atoms with van der Waals surface area (Å²) in [5.74, 6) is 0.463. The van der Waals surface area contributed by atoms with Crippen molar-refractivity contribution in [2.75, 3.05) is 6.54 Å². The quantitative estimate of drug-likeness (QED) is 0.802. The summed E-state index contributed by atoms with van der Waals surface area (Å²) in [6.45, 7) is 3.36. The van der Waals surface area contributed by atoms with Crippen LogP contribution in [-0.2, 0) is 6.42 Å². The lowest BCUT2D eigenvalue weighted by Gasteiger charge is -2.24.